The molecule has 0 N–H and O–H groups in total. The van der Waals surface area contributed by atoms with Crippen LogP contribution in [0.15, 0.2) is 23.1 Å². The summed E-state index contributed by atoms with van der Waals surface area (Å²) in [5, 5.41) is -0.225. The number of nitrogens with zero attached hydrogens (tertiary/aromatic N) is 2. The lowest BCUT2D eigenvalue weighted by atomic mass is 10.1. The zero-order valence-electron chi connectivity index (χ0n) is 14.1. The average Bonchev–Trinajstić information content (AvgIpc) is 2.93. The van der Waals surface area contributed by atoms with E-state index in [-0.39, 0.29) is 27.8 Å². The van der Waals surface area contributed by atoms with E-state index in [9.17, 15) is 18.0 Å². The SMILES string of the molecule is COc1ccc(S(=O)(=O)N2CCC(N3C(=O)CSC3=O)CC2)cc1C. The number of imide groups is 1. The smallest absolute Gasteiger partial charge is 0.289 e. The molecule has 0 aliphatic carbocycles. The van der Waals surface area contributed by atoms with Crippen LogP contribution in [-0.4, -0.2) is 60.8 Å². The molecule has 2 aliphatic heterocycles. The minimum absolute atomic E-state index is 0.179. The summed E-state index contributed by atoms with van der Waals surface area (Å²) in [5.41, 5.74) is 0.753. The summed E-state index contributed by atoms with van der Waals surface area (Å²) < 4.78 is 32.2. The summed E-state index contributed by atoms with van der Waals surface area (Å²) in [5.74, 6) is 0.644. The van der Waals surface area contributed by atoms with Crippen LogP contribution in [0.3, 0.4) is 0 Å². The fourth-order valence-electron chi connectivity index (χ4n) is 3.22. The first-order valence-electron chi connectivity index (χ1n) is 7.98. The second-order valence-electron chi connectivity index (χ2n) is 6.09. The van der Waals surface area contributed by atoms with Crippen LogP contribution in [0.2, 0.25) is 0 Å². The van der Waals surface area contributed by atoms with Crippen LogP contribution in [0.5, 0.6) is 5.75 Å². The van der Waals surface area contributed by atoms with Gasteiger partial charge in [0.1, 0.15) is 5.75 Å². The maximum absolute atomic E-state index is 12.8. The van der Waals surface area contributed by atoms with Crippen molar-refractivity contribution in [3.05, 3.63) is 23.8 Å². The Balaban J connectivity index is 1.72. The molecule has 1 aromatic carbocycles. The standard InChI is InChI=1S/C16H20N2O5S2/c1-11-9-13(3-4-14(11)23-2)25(21,22)17-7-5-12(6-8-17)18-15(19)10-24-16(18)20/h3-4,9,12H,5-8,10H2,1-2H3. The first-order valence-corrected chi connectivity index (χ1v) is 10.4. The number of ether oxygens (including phenoxy) is 1. The Morgan fingerprint density at radius 3 is 2.40 bits per heavy atom. The van der Waals surface area contributed by atoms with Gasteiger partial charge in [-0.3, -0.25) is 14.5 Å². The van der Waals surface area contributed by atoms with E-state index in [4.69, 9.17) is 4.74 Å². The van der Waals surface area contributed by atoms with Gasteiger partial charge in [-0.05, 0) is 43.5 Å². The van der Waals surface area contributed by atoms with Crippen LogP contribution in [0.4, 0.5) is 4.79 Å². The number of rotatable bonds is 4. The van der Waals surface area contributed by atoms with E-state index in [1.165, 1.54) is 15.3 Å². The van der Waals surface area contributed by atoms with Crippen LogP contribution in [0.1, 0.15) is 18.4 Å². The first-order chi connectivity index (χ1) is 11.8. The summed E-state index contributed by atoms with van der Waals surface area (Å²) in [7, 11) is -2.06. The minimum Gasteiger partial charge on any atom is -0.496 e. The van der Waals surface area contributed by atoms with Crippen LogP contribution in [0, 0.1) is 6.92 Å². The van der Waals surface area contributed by atoms with Gasteiger partial charge in [0.2, 0.25) is 15.9 Å². The van der Waals surface area contributed by atoms with E-state index in [1.807, 2.05) is 0 Å². The monoisotopic (exact) mass is 384 g/mol. The highest BCUT2D eigenvalue weighted by atomic mass is 32.2. The summed E-state index contributed by atoms with van der Waals surface area (Å²) in [6.45, 7) is 2.38. The number of piperidine rings is 1. The molecule has 2 amide bonds. The van der Waals surface area contributed by atoms with Crippen molar-refractivity contribution < 1.29 is 22.7 Å². The molecule has 1 aromatic rings. The predicted molar refractivity (Wildman–Crippen MR) is 94.2 cm³/mol. The first kappa shape index (κ1) is 18.2. The maximum atomic E-state index is 12.8. The second-order valence-corrected chi connectivity index (χ2v) is 8.95. The van der Waals surface area contributed by atoms with Gasteiger partial charge in [-0.2, -0.15) is 4.31 Å². The van der Waals surface area contributed by atoms with Gasteiger partial charge in [-0.1, -0.05) is 11.8 Å². The summed E-state index contributed by atoms with van der Waals surface area (Å²) in [4.78, 5) is 25.2. The number of thioether (sulfide) groups is 1. The normalized spacial score (nSPS) is 20.3. The zero-order chi connectivity index (χ0) is 18.2. The molecule has 0 radical (unpaired) electrons. The van der Waals surface area contributed by atoms with Crippen molar-refractivity contribution in [2.75, 3.05) is 26.0 Å². The number of carbonyl (C=O) groups is 2. The zero-order valence-corrected chi connectivity index (χ0v) is 15.7. The lowest BCUT2D eigenvalue weighted by Gasteiger charge is -2.34. The molecule has 0 atom stereocenters. The van der Waals surface area contributed by atoms with Gasteiger partial charge >= 0.3 is 0 Å². The molecular weight excluding hydrogens is 364 g/mol. The lowest BCUT2D eigenvalue weighted by Crippen LogP contribution is -2.48. The van der Waals surface area contributed by atoms with Gasteiger partial charge in [0.15, 0.2) is 0 Å². The Labute approximate surface area is 151 Å². The molecule has 136 valence electrons. The van der Waals surface area contributed by atoms with Crippen molar-refractivity contribution in [2.45, 2.75) is 30.7 Å². The highest BCUT2D eigenvalue weighted by Crippen LogP contribution is 2.30. The van der Waals surface area contributed by atoms with E-state index in [0.717, 1.165) is 17.3 Å². The minimum atomic E-state index is -3.60. The molecule has 2 fully saturated rings. The van der Waals surface area contributed by atoms with Crippen molar-refractivity contribution in [1.29, 1.82) is 0 Å². The fourth-order valence-corrected chi connectivity index (χ4v) is 5.55. The largest absolute Gasteiger partial charge is 0.496 e. The number of amides is 2. The number of methoxy groups -OCH3 is 1. The van der Waals surface area contributed by atoms with E-state index >= 15 is 0 Å². The number of sulfonamides is 1. The highest BCUT2D eigenvalue weighted by Gasteiger charge is 2.39. The number of aryl methyl sites for hydroxylation is 1. The summed E-state index contributed by atoms with van der Waals surface area (Å²) in [6.07, 6.45) is 0.929. The van der Waals surface area contributed by atoms with Crippen LogP contribution in [-0.2, 0) is 14.8 Å². The molecule has 0 spiro atoms. The van der Waals surface area contributed by atoms with Crippen molar-refractivity contribution >= 4 is 32.9 Å². The van der Waals surface area contributed by atoms with E-state index < -0.39 is 10.0 Å². The topological polar surface area (TPSA) is 84.0 Å². The number of hydrogen-bond acceptors (Lipinski definition) is 6. The van der Waals surface area contributed by atoms with Crippen LogP contribution < -0.4 is 4.74 Å². The molecule has 2 heterocycles. The Morgan fingerprint density at radius 1 is 1.20 bits per heavy atom. The van der Waals surface area contributed by atoms with E-state index in [0.29, 0.717) is 31.7 Å². The Bertz CT molecular complexity index is 785. The van der Waals surface area contributed by atoms with Gasteiger partial charge in [0.05, 0.1) is 17.8 Å². The third-order valence-electron chi connectivity index (χ3n) is 4.58. The van der Waals surface area contributed by atoms with Crippen molar-refractivity contribution in [3.63, 3.8) is 0 Å². The molecule has 0 saturated carbocycles. The summed E-state index contributed by atoms with van der Waals surface area (Å²) >= 11 is 1.01. The molecule has 0 bridgehead atoms. The predicted octanol–water partition coefficient (Wildman–Crippen LogP) is 1.85. The third-order valence-corrected chi connectivity index (χ3v) is 7.31. The Hall–Kier alpha value is -1.58. The summed E-state index contributed by atoms with van der Waals surface area (Å²) in [6, 6.07) is 4.58. The quantitative estimate of drug-likeness (QED) is 0.788. The van der Waals surface area contributed by atoms with Gasteiger partial charge in [-0.15, -0.1) is 0 Å². The van der Waals surface area contributed by atoms with Gasteiger partial charge in [0.25, 0.3) is 5.24 Å². The fraction of sp³-hybridized carbons (Fsp3) is 0.500. The number of benzene rings is 1. The molecule has 3 rings (SSSR count). The van der Waals surface area contributed by atoms with Crippen LogP contribution in [0.25, 0.3) is 0 Å². The highest BCUT2D eigenvalue weighted by molar-refractivity contribution is 8.14. The average molecular weight is 384 g/mol. The molecule has 7 nitrogen and oxygen atoms in total. The second kappa shape index (κ2) is 6.97. The van der Waals surface area contributed by atoms with E-state index in [2.05, 4.69) is 0 Å². The van der Waals surface area contributed by atoms with Gasteiger partial charge in [0, 0.05) is 19.1 Å². The van der Waals surface area contributed by atoms with Gasteiger partial charge < -0.3 is 4.74 Å². The molecule has 0 aromatic heterocycles. The molecule has 25 heavy (non-hydrogen) atoms. The van der Waals surface area contributed by atoms with Crippen LogP contribution >= 0.6 is 11.8 Å². The van der Waals surface area contributed by atoms with Crippen molar-refractivity contribution in [3.8, 4) is 5.75 Å². The molecule has 0 unspecified atom stereocenters. The number of hydrogen-bond donors (Lipinski definition) is 0. The molecule has 2 saturated heterocycles. The lowest BCUT2D eigenvalue weighted by molar-refractivity contribution is -0.126. The Morgan fingerprint density at radius 2 is 1.88 bits per heavy atom. The molecule has 2 aliphatic rings. The molecular formula is C16H20N2O5S2. The van der Waals surface area contributed by atoms with Crippen molar-refractivity contribution in [2.24, 2.45) is 0 Å². The number of carbonyl (C=O) groups excluding carboxylic acids is 2. The Kier molecular flexibility index (Phi) is 5.08. The third kappa shape index (κ3) is 3.40. The van der Waals surface area contributed by atoms with E-state index in [1.54, 1.807) is 26.2 Å². The maximum Gasteiger partial charge on any atom is 0.289 e. The van der Waals surface area contributed by atoms with Gasteiger partial charge in [-0.25, -0.2) is 8.42 Å². The molecule has 9 heteroatoms. The van der Waals surface area contributed by atoms with Crippen molar-refractivity contribution in [1.82, 2.24) is 9.21 Å².